The molecule has 1 aliphatic heterocycles. The summed E-state index contributed by atoms with van der Waals surface area (Å²) in [5.41, 5.74) is 4.61. The van der Waals surface area contributed by atoms with Crippen LogP contribution in [0.25, 0.3) is 22.0 Å². The van der Waals surface area contributed by atoms with Gasteiger partial charge in [-0.2, -0.15) is 0 Å². The number of fused-ring (bicyclic) bond motifs is 1. The molecule has 4 aromatic rings. The SMILES string of the molecule is O=C(NCc1cccnc1)c1ccc2c(-c3ccc(N4CCOCC4)nc3)c[nH]c2c1. The average molecular weight is 413 g/mol. The van der Waals surface area contributed by atoms with E-state index in [0.29, 0.717) is 12.1 Å². The minimum absolute atomic E-state index is 0.113. The van der Waals surface area contributed by atoms with E-state index in [-0.39, 0.29) is 5.91 Å². The lowest BCUT2D eigenvalue weighted by Crippen LogP contribution is -2.36. The van der Waals surface area contributed by atoms with Crippen LogP contribution in [0.4, 0.5) is 5.82 Å². The van der Waals surface area contributed by atoms with Crippen LogP contribution in [0, 0.1) is 0 Å². The van der Waals surface area contributed by atoms with Crippen LogP contribution in [0.2, 0.25) is 0 Å². The molecule has 156 valence electrons. The Hall–Kier alpha value is -3.71. The summed E-state index contributed by atoms with van der Waals surface area (Å²) in [6.45, 7) is 3.66. The molecule has 0 atom stereocenters. The van der Waals surface area contributed by atoms with E-state index in [9.17, 15) is 4.79 Å². The summed E-state index contributed by atoms with van der Waals surface area (Å²) in [6, 6.07) is 13.7. The Bertz CT molecular complexity index is 1180. The van der Waals surface area contributed by atoms with E-state index in [1.807, 2.05) is 42.7 Å². The number of hydrogen-bond donors (Lipinski definition) is 2. The fraction of sp³-hybridized carbons (Fsp3) is 0.208. The average Bonchev–Trinajstić information content (AvgIpc) is 3.27. The quantitative estimate of drug-likeness (QED) is 0.524. The van der Waals surface area contributed by atoms with Crippen LogP contribution < -0.4 is 10.2 Å². The molecule has 0 saturated carbocycles. The number of morpholine rings is 1. The Balaban J connectivity index is 1.32. The zero-order valence-corrected chi connectivity index (χ0v) is 17.0. The molecule has 3 aromatic heterocycles. The first-order valence-corrected chi connectivity index (χ1v) is 10.4. The number of hydrogen-bond acceptors (Lipinski definition) is 5. The number of aromatic amines is 1. The van der Waals surface area contributed by atoms with Crippen molar-refractivity contribution in [1.82, 2.24) is 20.3 Å². The van der Waals surface area contributed by atoms with Crippen LogP contribution in [0.15, 0.2) is 67.3 Å². The molecule has 1 aromatic carbocycles. The minimum atomic E-state index is -0.113. The largest absolute Gasteiger partial charge is 0.378 e. The molecule has 1 amide bonds. The van der Waals surface area contributed by atoms with Gasteiger partial charge in [0.2, 0.25) is 0 Å². The maximum atomic E-state index is 12.6. The Kier molecular flexibility index (Phi) is 5.33. The number of carbonyl (C=O) groups excluding carboxylic acids is 1. The highest BCUT2D eigenvalue weighted by Crippen LogP contribution is 2.29. The third-order valence-electron chi connectivity index (χ3n) is 5.51. The molecule has 0 unspecified atom stereocenters. The number of nitrogens with one attached hydrogen (secondary N) is 2. The predicted molar refractivity (Wildman–Crippen MR) is 120 cm³/mol. The normalized spacial score (nSPS) is 14.0. The number of anilines is 1. The van der Waals surface area contributed by atoms with E-state index in [0.717, 1.165) is 59.7 Å². The Morgan fingerprint density at radius 1 is 1.13 bits per heavy atom. The first kappa shape index (κ1) is 19.3. The topological polar surface area (TPSA) is 83.1 Å². The summed E-state index contributed by atoms with van der Waals surface area (Å²) in [5.74, 6) is 0.859. The molecule has 7 nitrogen and oxygen atoms in total. The molecule has 1 fully saturated rings. The molecule has 0 aliphatic carbocycles. The van der Waals surface area contributed by atoms with Gasteiger partial charge in [-0.3, -0.25) is 9.78 Å². The van der Waals surface area contributed by atoms with Crippen molar-refractivity contribution in [3.63, 3.8) is 0 Å². The molecule has 0 spiro atoms. The van der Waals surface area contributed by atoms with Crippen LogP contribution in [0.3, 0.4) is 0 Å². The van der Waals surface area contributed by atoms with E-state index in [1.54, 1.807) is 12.4 Å². The zero-order chi connectivity index (χ0) is 21.0. The molecule has 0 radical (unpaired) electrons. The smallest absolute Gasteiger partial charge is 0.251 e. The number of ether oxygens (including phenoxy) is 1. The fourth-order valence-corrected chi connectivity index (χ4v) is 3.82. The van der Waals surface area contributed by atoms with Crippen molar-refractivity contribution in [3.8, 4) is 11.1 Å². The summed E-state index contributed by atoms with van der Waals surface area (Å²) < 4.78 is 5.41. The monoisotopic (exact) mass is 413 g/mol. The summed E-state index contributed by atoms with van der Waals surface area (Å²) in [4.78, 5) is 26.8. The highest BCUT2D eigenvalue weighted by atomic mass is 16.5. The van der Waals surface area contributed by atoms with E-state index in [2.05, 4.69) is 37.3 Å². The van der Waals surface area contributed by atoms with E-state index in [4.69, 9.17) is 4.74 Å². The lowest BCUT2D eigenvalue weighted by Gasteiger charge is -2.27. The number of amides is 1. The van der Waals surface area contributed by atoms with Gasteiger partial charge in [-0.05, 0) is 35.9 Å². The number of H-pyrrole nitrogens is 1. The minimum Gasteiger partial charge on any atom is -0.378 e. The third-order valence-corrected chi connectivity index (χ3v) is 5.51. The van der Waals surface area contributed by atoms with E-state index < -0.39 is 0 Å². The van der Waals surface area contributed by atoms with Gasteiger partial charge in [0.05, 0.1) is 13.2 Å². The van der Waals surface area contributed by atoms with Gasteiger partial charge in [0.25, 0.3) is 5.91 Å². The Morgan fingerprint density at radius 3 is 2.81 bits per heavy atom. The van der Waals surface area contributed by atoms with Crippen LogP contribution >= 0.6 is 0 Å². The van der Waals surface area contributed by atoms with Gasteiger partial charge in [0, 0.05) is 72.0 Å². The van der Waals surface area contributed by atoms with Crippen molar-refractivity contribution in [2.45, 2.75) is 6.54 Å². The van der Waals surface area contributed by atoms with Crippen molar-refractivity contribution < 1.29 is 9.53 Å². The van der Waals surface area contributed by atoms with Gasteiger partial charge in [-0.15, -0.1) is 0 Å². The maximum absolute atomic E-state index is 12.6. The molecular weight excluding hydrogens is 390 g/mol. The Labute approximate surface area is 180 Å². The van der Waals surface area contributed by atoms with Crippen LogP contribution in [0.1, 0.15) is 15.9 Å². The first-order valence-electron chi connectivity index (χ1n) is 10.4. The third kappa shape index (κ3) is 4.13. The van der Waals surface area contributed by atoms with Crippen molar-refractivity contribution in [3.05, 3.63) is 78.4 Å². The summed E-state index contributed by atoms with van der Waals surface area (Å²) in [5, 5.41) is 4.00. The summed E-state index contributed by atoms with van der Waals surface area (Å²) in [7, 11) is 0. The van der Waals surface area contributed by atoms with Crippen molar-refractivity contribution >= 4 is 22.6 Å². The number of nitrogens with zero attached hydrogens (tertiary/aromatic N) is 3. The van der Waals surface area contributed by atoms with Gasteiger partial charge in [-0.1, -0.05) is 12.1 Å². The van der Waals surface area contributed by atoms with Gasteiger partial charge in [0.1, 0.15) is 5.82 Å². The molecule has 1 aliphatic rings. The second-order valence-electron chi connectivity index (χ2n) is 7.51. The lowest BCUT2D eigenvalue weighted by molar-refractivity contribution is 0.0951. The number of carbonyl (C=O) groups is 1. The second kappa shape index (κ2) is 8.57. The molecule has 0 bridgehead atoms. The van der Waals surface area contributed by atoms with Gasteiger partial charge >= 0.3 is 0 Å². The van der Waals surface area contributed by atoms with Crippen LogP contribution in [-0.4, -0.2) is 47.2 Å². The van der Waals surface area contributed by atoms with Gasteiger partial charge in [0.15, 0.2) is 0 Å². The van der Waals surface area contributed by atoms with Gasteiger partial charge < -0.3 is 19.9 Å². The fourth-order valence-electron chi connectivity index (χ4n) is 3.82. The second-order valence-corrected chi connectivity index (χ2v) is 7.51. The van der Waals surface area contributed by atoms with Crippen molar-refractivity contribution in [2.75, 3.05) is 31.2 Å². The van der Waals surface area contributed by atoms with Crippen molar-refractivity contribution in [1.29, 1.82) is 0 Å². The zero-order valence-electron chi connectivity index (χ0n) is 17.0. The maximum Gasteiger partial charge on any atom is 0.251 e. The highest BCUT2D eigenvalue weighted by molar-refractivity contribution is 6.01. The Morgan fingerprint density at radius 2 is 2.03 bits per heavy atom. The van der Waals surface area contributed by atoms with Gasteiger partial charge in [-0.25, -0.2) is 4.98 Å². The number of aromatic nitrogens is 3. The predicted octanol–water partition coefficient (Wildman–Crippen LogP) is 3.39. The van der Waals surface area contributed by atoms with Crippen molar-refractivity contribution in [2.24, 2.45) is 0 Å². The van der Waals surface area contributed by atoms with Crippen LogP contribution in [0.5, 0.6) is 0 Å². The summed E-state index contributed by atoms with van der Waals surface area (Å²) in [6.07, 6.45) is 7.34. The molecule has 5 rings (SSSR count). The molecule has 7 heteroatoms. The summed E-state index contributed by atoms with van der Waals surface area (Å²) >= 11 is 0. The highest BCUT2D eigenvalue weighted by Gasteiger charge is 2.14. The lowest BCUT2D eigenvalue weighted by atomic mass is 10.0. The van der Waals surface area contributed by atoms with Crippen LogP contribution in [-0.2, 0) is 11.3 Å². The molecule has 2 N–H and O–H groups in total. The number of benzene rings is 1. The molecule has 1 saturated heterocycles. The molecule has 4 heterocycles. The first-order chi connectivity index (χ1) is 15.3. The number of pyridine rings is 2. The number of rotatable bonds is 5. The van der Waals surface area contributed by atoms with E-state index >= 15 is 0 Å². The molecular formula is C24H23N5O2. The standard InChI is InChI=1S/C24H23N5O2/c30-24(28-14-17-2-1-7-25-13-17)18-3-5-20-21(16-26-22(20)12-18)19-4-6-23(27-15-19)29-8-10-31-11-9-29/h1-7,12-13,15-16,26H,8-11,14H2,(H,28,30). The van der Waals surface area contributed by atoms with E-state index in [1.165, 1.54) is 0 Å². The molecule has 31 heavy (non-hydrogen) atoms.